The van der Waals surface area contributed by atoms with E-state index in [9.17, 15) is 0 Å². The Morgan fingerprint density at radius 3 is 0.931 bits per heavy atom. The molecule has 0 fully saturated rings. The molecule has 2 aromatic carbocycles. The Morgan fingerprint density at radius 1 is 0.517 bits per heavy atom. The van der Waals surface area contributed by atoms with Crippen LogP contribution in [0.2, 0.25) is 0 Å². The average molecular weight is 478 g/mol. The number of halogens is 2. The first kappa shape index (κ1) is 27.7. The Balaban J connectivity index is 0.00000261. The fourth-order valence-electron chi connectivity index (χ4n) is 3.51. The monoisotopic (exact) mass is 476 g/mol. The summed E-state index contributed by atoms with van der Waals surface area (Å²) in [5.74, 6) is 0. The molecule has 3 rings (SSSR count). The van der Waals surface area contributed by atoms with Gasteiger partial charge in [-0.25, -0.2) is 0 Å². The number of para-hydroxylation sites is 4. The van der Waals surface area contributed by atoms with E-state index in [-0.39, 0.29) is 65.5 Å². The maximum absolute atomic E-state index is 4.91. The fraction of sp³-hybridized carbons (Fsp3) is 0.455. The molecule has 0 aromatic heterocycles. The largest absolute Gasteiger partial charge is 2.00 e. The molecule has 4 nitrogen and oxygen atoms in total. The van der Waals surface area contributed by atoms with Gasteiger partial charge in [-0.1, -0.05) is 89.1 Å². The van der Waals surface area contributed by atoms with Gasteiger partial charge in [0.25, 0.3) is 0 Å². The van der Waals surface area contributed by atoms with Crippen LogP contribution in [0.3, 0.4) is 0 Å². The molecule has 0 N–H and O–H groups in total. The molecule has 0 spiro atoms. The first-order valence-corrected chi connectivity index (χ1v) is 9.52. The van der Waals surface area contributed by atoms with Gasteiger partial charge in [0.2, 0.25) is 0 Å². The minimum absolute atomic E-state index is 0. The fourth-order valence-corrected chi connectivity index (χ4v) is 3.51. The first-order chi connectivity index (χ1) is 12.5. The summed E-state index contributed by atoms with van der Waals surface area (Å²) >= 11 is 0. The number of hydrogen-bond donors (Lipinski definition) is 0. The Labute approximate surface area is 198 Å². The Bertz CT molecular complexity index is 612. The van der Waals surface area contributed by atoms with Crippen molar-refractivity contribution >= 4 is 22.7 Å². The van der Waals surface area contributed by atoms with Gasteiger partial charge in [0.05, 0.1) is 0 Å². The topological polar surface area (TPSA) is 56.4 Å². The van der Waals surface area contributed by atoms with Crippen LogP contribution in [0.15, 0.2) is 48.5 Å². The normalized spacial score (nSPS) is 23.9. The third-order valence-corrected chi connectivity index (χ3v) is 4.57. The van der Waals surface area contributed by atoms with Crippen molar-refractivity contribution in [2.75, 3.05) is 0 Å². The van der Waals surface area contributed by atoms with Crippen molar-refractivity contribution in [1.82, 2.24) is 0 Å². The van der Waals surface area contributed by atoms with Gasteiger partial charge >= 0.3 is 16.5 Å². The number of hydrogen-bond acceptors (Lipinski definition) is 0. The molecule has 29 heavy (non-hydrogen) atoms. The van der Waals surface area contributed by atoms with Crippen molar-refractivity contribution < 1.29 is 41.3 Å². The molecular formula is C22H28Cl2N4Ni-4. The van der Waals surface area contributed by atoms with Gasteiger partial charge in [0.15, 0.2) is 0 Å². The van der Waals surface area contributed by atoms with E-state index in [1.165, 1.54) is 0 Å². The number of benzene rings is 2. The van der Waals surface area contributed by atoms with E-state index >= 15 is 0 Å². The predicted octanol–water partition coefficient (Wildman–Crippen LogP) is 1.76. The summed E-state index contributed by atoms with van der Waals surface area (Å²) in [6.07, 6.45) is 1.79. The SMILES string of the molecule is CC1CC(C)[N-]c2ccccc2[N-]C(C)CC(C)[N-]c2ccccc2[N-]1.[Cl-].[Cl-].[Ni+2]. The van der Waals surface area contributed by atoms with Crippen molar-refractivity contribution in [2.45, 2.75) is 64.7 Å². The maximum Gasteiger partial charge on any atom is 2.00 e. The minimum atomic E-state index is 0. The molecule has 1 heterocycles. The molecule has 1 aliphatic heterocycles. The van der Waals surface area contributed by atoms with Gasteiger partial charge in [-0.05, 0) is 0 Å². The minimum Gasteiger partial charge on any atom is -1.00 e. The molecule has 0 saturated heterocycles. The van der Waals surface area contributed by atoms with Gasteiger partial charge in [-0.3, -0.25) is 0 Å². The van der Waals surface area contributed by atoms with Crippen LogP contribution < -0.4 is 24.8 Å². The van der Waals surface area contributed by atoms with Gasteiger partial charge < -0.3 is 46.1 Å². The molecule has 7 heteroatoms. The molecule has 0 bridgehead atoms. The summed E-state index contributed by atoms with van der Waals surface area (Å²) in [5.41, 5.74) is 3.89. The summed E-state index contributed by atoms with van der Waals surface area (Å²) in [7, 11) is 0. The third-order valence-electron chi connectivity index (χ3n) is 4.57. The van der Waals surface area contributed by atoms with Crippen LogP contribution in [-0.4, -0.2) is 24.2 Å². The molecule has 4 unspecified atom stereocenters. The van der Waals surface area contributed by atoms with Crippen molar-refractivity contribution in [3.63, 3.8) is 0 Å². The average Bonchev–Trinajstić information content (AvgIpc) is 2.57. The first-order valence-electron chi connectivity index (χ1n) is 9.52. The second-order valence-corrected chi connectivity index (χ2v) is 7.36. The van der Waals surface area contributed by atoms with Crippen LogP contribution in [0.1, 0.15) is 40.5 Å². The molecule has 0 aliphatic carbocycles. The molecule has 0 radical (unpaired) electrons. The van der Waals surface area contributed by atoms with Crippen molar-refractivity contribution in [2.24, 2.45) is 0 Å². The number of rotatable bonds is 0. The van der Waals surface area contributed by atoms with Crippen LogP contribution in [0.25, 0.3) is 21.3 Å². The van der Waals surface area contributed by atoms with Crippen molar-refractivity contribution in [3.8, 4) is 0 Å². The standard InChI is InChI=1S/C22H28N4.2ClH.Ni/c1-15-13-16(2)24-21-11-7-8-12-22(21)26-18(4)14-17(3)25-20-10-6-5-9-19(20)23-15;;;/h5-12,15-18H,13-14H2,1-4H3;2*1H;/q-4;;;+2/p-2. The number of fused-ring (bicyclic) bond motifs is 2. The summed E-state index contributed by atoms with van der Waals surface area (Å²) < 4.78 is 0. The van der Waals surface area contributed by atoms with Crippen LogP contribution in [0.5, 0.6) is 0 Å². The van der Waals surface area contributed by atoms with Gasteiger partial charge in [-0.2, -0.15) is 22.7 Å². The van der Waals surface area contributed by atoms with E-state index in [2.05, 4.69) is 52.0 Å². The van der Waals surface area contributed by atoms with Crippen molar-refractivity contribution in [3.05, 3.63) is 69.8 Å². The zero-order valence-corrected chi connectivity index (χ0v) is 19.7. The predicted molar refractivity (Wildman–Crippen MR) is 112 cm³/mol. The summed E-state index contributed by atoms with van der Waals surface area (Å²) in [4.78, 5) is 0. The number of nitrogens with zero attached hydrogens (tertiary/aromatic N) is 4. The summed E-state index contributed by atoms with van der Waals surface area (Å²) in [6, 6.07) is 17.1. The molecule has 164 valence electrons. The smallest absolute Gasteiger partial charge is 1.00 e. The second kappa shape index (κ2) is 13.1. The van der Waals surface area contributed by atoms with Gasteiger partial charge in [-0.15, -0.1) is 24.2 Å². The zero-order valence-electron chi connectivity index (χ0n) is 17.2. The zero-order chi connectivity index (χ0) is 18.5. The molecule has 4 atom stereocenters. The second-order valence-electron chi connectivity index (χ2n) is 7.36. The molecule has 0 saturated carbocycles. The van der Waals surface area contributed by atoms with Gasteiger partial charge in [0, 0.05) is 0 Å². The van der Waals surface area contributed by atoms with Crippen LogP contribution in [-0.2, 0) is 16.5 Å². The van der Waals surface area contributed by atoms with E-state index in [1.807, 2.05) is 24.3 Å². The quantitative estimate of drug-likeness (QED) is 0.519. The van der Waals surface area contributed by atoms with E-state index in [0.29, 0.717) is 0 Å². The van der Waals surface area contributed by atoms with E-state index in [1.54, 1.807) is 0 Å². The maximum atomic E-state index is 4.91. The Morgan fingerprint density at radius 2 is 0.724 bits per heavy atom. The Kier molecular flexibility index (Phi) is 12.5. The van der Waals surface area contributed by atoms with Gasteiger partial charge in [0.1, 0.15) is 0 Å². The van der Waals surface area contributed by atoms with Crippen LogP contribution >= 0.6 is 0 Å². The Hall–Kier alpha value is -1.29. The van der Waals surface area contributed by atoms with E-state index in [0.717, 1.165) is 35.6 Å². The molecular weight excluding hydrogens is 450 g/mol. The molecule has 0 amide bonds. The molecule has 1 aliphatic rings. The molecule has 2 aromatic rings. The summed E-state index contributed by atoms with van der Waals surface area (Å²) in [5, 5.41) is 19.6. The van der Waals surface area contributed by atoms with E-state index in [4.69, 9.17) is 21.3 Å². The van der Waals surface area contributed by atoms with Crippen LogP contribution in [0, 0.1) is 0 Å². The van der Waals surface area contributed by atoms with Crippen LogP contribution in [0.4, 0.5) is 22.7 Å². The summed E-state index contributed by atoms with van der Waals surface area (Å²) in [6.45, 7) is 8.60. The van der Waals surface area contributed by atoms with Crippen molar-refractivity contribution in [1.29, 1.82) is 0 Å². The third kappa shape index (κ3) is 8.16. The van der Waals surface area contributed by atoms with E-state index < -0.39 is 0 Å².